The lowest BCUT2D eigenvalue weighted by molar-refractivity contribution is 0.282. The summed E-state index contributed by atoms with van der Waals surface area (Å²) in [6.07, 6.45) is 0. The van der Waals surface area contributed by atoms with Gasteiger partial charge in [-0.05, 0) is 65.2 Å². The van der Waals surface area contributed by atoms with Crippen LogP contribution in [-0.4, -0.2) is 15.1 Å². The van der Waals surface area contributed by atoms with E-state index in [4.69, 9.17) is 9.97 Å². The Labute approximate surface area is 174 Å². The summed E-state index contributed by atoms with van der Waals surface area (Å²) in [6.45, 7) is 1.99. The van der Waals surface area contributed by atoms with Gasteiger partial charge in [0.15, 0.2) is 5.82 Å². The van der Waals surface area contributed by atoms with Gasteiger partial charge in [0.1, 0.15) is 5.82 Å². The summed E-state index contributed by atoms with van der Waals surface area (Å²) in [5.41, 5.74) is 4.66. The molecule has 0 saturated heterocycles. The highest BCUT2D eigenvalue weighted by Gasteiger charge is 2.14. The Morgan fingerprint density at radius 2 is 1.57 bits per heavy atom. The summed E-state index contributed by atoms with van der Waals surface area (Å²) in [7, 11) is 0. The average Bonchev–Trinajstić information content (AvgIpc) is 2.78. The highest BCUT2D eigenvalue weighted by molar-refractivity contribution is 5.94. The van der Waals surface area contributed by atoms with E-state index in [0.29, 0.717) is 5.82 Å². The molecule has 146 valence electrons. The minimum Gasteiger partial charge on any atom is -0.392 e. The average molecular weight is 391 g/mol. The fourth-order valence-electron chi connectivity index (χ4n) is 3.78. The molecule has 30 heavy (non-hydrogen) atoms. The third-order valence-corrected chi connectivity index (χ3v) is 5.27. The molecular formula is C26H21N3O. The molecule has 0 atom stereocenters. The molecular weight excluding hydrogens is 370 g/mol. The second-order valence-corrected chi connectivity index (χ2v) is 7.42. The van der Waals surface area contributed by atoms with Crippen molar-refractivity contribution in [3.8, 4) is 11.4 Å². The van der Waals surface area contributed by atoms with Crippen molar-refractivity contribution in [1.82, 2.24) is 9.97 Å². The van der Waals surface area contributed by atoms with Crippen LogP contribution in [0.4, 0.5) is 11.5 Å². The van der Waals surface area contributed by atoms with E-state index in [1.54, 1.807) is 0 Å². The first-order valence-electron chi connectivity index (χ1n) is 9.94. The molecule has 0 radical (unpaired) electrons. The number of rotatable bonds is 4. The van der Waals surface area contributed by atoms with Crippen LogP contribution in [0.1, 0.15) is 11.1 Å². The highest BCUT2D eigenvalue weighted by atomic mass is 16.3. The van der Waals surface area contributed by atoms with Crippen LogP contribution < -0.4 is 5.32 Å². The molecule has 0 amide bonds. The van der Waals surface area contributed by atoms with Gasteiger partial charge in [0, 0.05) is 16.6 Å². The number of nitrogens with one attached hydrogen (secondary N) is 1. The third kappa shape index (κ3) is 3.38. The molecule has 0 aliphatic rings. The lowest BCUT2D eigenvalue weighted by atomic mass is 10.0. The van der Waals surface area contributed by atoms with E-state index in [9.17, 15) is 5.11 Å². The summed E-state index contributed by atoms with van der Waals surface area (Å²) >= 11 is 0. The maximum Gasteiger partial charge on any atom is 0.162 e. The summed E-state index contributed by atoms with van der Waals surface area (Å²) in [5.74, 6) is 1.34. The number of aliphatic hydroxyl groups excluding tert-OH is 1. The van der Waals surface area contributed by atoms with Crippen LogP contribution in [0.25, 0.3) is 33.1 Å². The number of nitrogens with zero attached hydrogens (tertiary/aromatic N) is 2. The molecule has 0 aliphatic carbocycles. The van der Waals surface area contributed by atoms with Crippen molar-refractivity contribution in [2.45, 2.75) is 13.5 Å². The number of fused-ring (bicyclic) bond motifs is 2. The largest absolute Gasteiger partial charge is 0.392 e. The second-order valence-electron chi connectivity index (χ2n) is 7.42. The van der Waals surface area contributed by atoms with Crippen LogP contribution in [0.5, 0.6) is 0 Å². The molecule has 0 aliphatic heterocycles. The van der Waals surface area contributed by atoms with Crippen molar-refractivity contribution in [2.75, 3.05) is 5.32 Å². The predicted octanol–water partition coefficient (Wildman–Crippen LogP) is 5.99. The van der Waals surface area contributed by atoms with E-state index in [0.717, 1.165) is 44.3 Å². The normalized spacial score (nSPS) is 11.1. The molecule has 1 aromatic heterocycles. The van der Waals surface area contributed by atoms with Crippen LogP contribution in [-0.2, 0) is 6.61 Å². The number of aromatic nitrogens is 2. The molecule has 5 rings (SSSR count). The van der Waals surface area contributed by atoms with Crippen molar-refractivity contribution >= 4 is 33.2 Å². The summed E-state index contributed by atoms with van der Waals surface area (Å²) in [6, 6.07) is 28.4. The Kier molecular flexibility index (Phi) is 4.62. The van der Waals surface area contributed by atoms with Crippen LogP contribution >= 0.6 is 0 Å². The van der Waals surface area contributed by atoms with Gasteiger partial charge in [0.05, 0.1) is 12.1 Å². The predicted molar refractivity (Wildman–Crippen MR) is 123 cm³/mol. The smallest absolute Gasteiger partial charge is 0.162 e. The van der Waals surface area contributed by atoms with Crippen LogP contribution in [0.15, 0.2) is 84.9 Å². The van der Waals surface area contributed by atoms with E-state index in [-0.39, 0.29) is 6.61 Å². The SMILES string of the molecule is Cc1cccc(Nc2nc(-c3cc4ccccc4cc3CO)nc3ccccc23)c1. The summed E-state index contributed by atoms with van der Waals surface area (Å²) < 4.78 is 0. The number of aryl methyl sites for hydroxylation is 1. The van der Waals surface area contributed by atoms with E-state index < -0.39 is 0 Å². The Morgan fingerprint density at radius 3 is 2.37 bits per heavy atom. The van der Waals surface area contributed by atoms with Gasteiger partial charge in [0.25, 0.3) is 0 Å². The van der Waals surface area contributed by atoms with Gasteiger partial charge in [-0.1, -0.05) is 48.5 Å². The van der Waals surface area contributed by atoms with E-state index in [1.165, 1.54) is 5.56 Å². The number of hydrogen-bond donors (Lipinski definition) is 2. The van der Waals surface area contributed by atoms with Crippen LogP contribution in [0.2, 0.25) is 0 Å². The Balaban J connectivity index is 1.71. The number of anilines is 2. The van der Waals surface area contributed by atoms with Crippen molar-refractivity contribution < 1.29 is 5.11 Å². The van der Waals surface area contributed by atoms with Gasteiger partial charge in [-0.15, -0.1) is 0 Å². The minimum atomic E-state index is -0.0724. The Hall–Kier alpha value is -3.76. The molecule has 1 heterocycles. The van der Waals surface area contributed by atoms with Crippen molar-refractivity contribution in [3.05, 3.63) is 96.1 Å². The molecule has 0 unspecified atom stereocenters. The fourth-order valence-corrected chi connectivity index (χ4v) is 3.78. The van der Waals surface area contributed by atoms with E-state index >= 15 is 0 Å². The van der Waals surface area contributed by atoms with Crippen molar-refractivity contribution in [3.63, 3.8) is 0 Å². The molecule has 4 nitrogen and oxygen atoms in total. The van der Waals surface area contributed by atoms with Gasteiger partial charge in [-0.25, -0.2) is 9.97 Å². The van der Waals surface area contributed by atoms with Gasteiger partial charge in [-0.2, -0.15) is 0 Å². The lowest BCUT2D eigenvalue weighted by Gasteiger charge is -2.14. The monoisotopic (exact) mass is 391 g/mol. The van der Waals surface area contributed by atoms with E-state index in [1.807, 2.05) is 60.7 Å². The molecule has 0 saturated carbocycles. The summed E-state index contributed by atoms with van der Waals surface area (Å²) in [4.78, 5) is 9.70. The second kappa shape index (κ2) is 7.58. The fraction of sp³-hybridized carbons (Fsp3) is 0.0769. The zero-order valence-corrected chi connectivity index (χ0v) is 16.6. The quantitative estimate of drug-likeness (QED) is 0.395. The Morgan fingerprint density at radius 1 is 0.800 bits per heavy atom. The molecule has 0 bridgehead atoms. The van der Waals surface area contributed by atoms with Crippen molar-refractivity contribution in [1.29, 1.82) is 0 Å². The zero-order valence-electron chi connectivity index (χ0n) is 16.6. The lowest BCUT2D eigenvalue weighted by Crippen LogP contribution is -2.01. The topological polar surface area (TPSA) is 58.0 Å². The van der Waals surface area contributed by atoms with Gasteiger partial charge in [0.2, 0.25) is 0 Å². The number of aliphatic hydroxyl groups is 1. The maximum atomic E-state index is 10.0. The molecule has 4 heteroatoms. The highest BCUT2D eigenvalue weighted by Crippen LogP contribution is 2.31. The van der Waals surface area contributed by atoms with Crippen LogP contribution in [0, 0.1) is 6.92 Å². The zero-order chi connectivity index (χ0) is 20.5. The van der Waals surface area contributed by atoms with Crippen LogP contribution in [0.3, 0.4) is 0 Å². The van der Waals surface area contributed by atoms with Gasteiger partial charge in [-0.3, -0.25) is 0 Å². The minimum absolute atomic E-state index is 0.0724. The standard InChI is InChI=1S/C26H21N3O/c1-17-7-6-10-21(13-17)27-25-22-11-4-5-12-24(22)28-26(29-25)23-15-19-9-3-2-8-18(19)14-20(23)16-30/h2-15,30H,16H2,1H3,(H,27,28,29). The molecule has 5 aromatic rings. The first kappa shape index (κ1) is 18.3. The first-order chi connectivity index (χ1) is 14.7. The van der Waals surface area contributed by atoms with Crippen molar-refractivity contribution in [2.24, 2.45) is 0 Å². The molecule has 0 spiro atoms. The van der Waals surface area contributed by atoms with E-state index in [2.05, 4.69) is 36.5 Å². The first-order valence-corrected chi connectivity index (χ1v) is 9.94. The number of benzene rings is 4. The third-order valence-electron chi connectivity index (χ3n) is 5.27. The van der Waals surface area contributed by atoms with Gasteiger partial charge < -0.3 is 10.4 Å². The maximum absolute atomic E-state index is 10.0. The number of hydrogen-bond acceptors (Lipinski definition) is 4. The number of para-hydroxylation sites is 1. The molecule has 4 aromatic carbocycles. The Bertz CT molecular complexity index is 1380. The summed E-state index contributed by atoms with van der Waals surface area (Å²) in [5, 5.41) is 16.6. The molecule has 2 N–H and O–H groups in total. The molecule has 0 fully saturated rings. The van der Waals surface area contributed by atoms with Gasteiger partial charge >= 0.3 is 0 Å².